The Hall–Kier alpha value is -0.790. The van der Waals surface area contributed by atoms with Gasteiger partial charge in [-0.1, -0.05) is 25.7 Å². The van der Waals surface area contributed by atoms with Gasteiger partial charge >= 0.3 is 0 Å². The zero-order chi connectivity index (χ0) is 17.9. The monoisotopic (exact) mass is 360 g/mol. The highest BCUT2D eigenvalue weighted by Gasteiger charge is 2.00. The first-order chi connectivity index (χ1) is 11.7. The third-order valence-corrected chi connectivity index (χ3v) is 4.47. The smallest absolute Gasteiger partial charge is 0.229 e. The topological polar surface area (TPSA) is 96.2 Å². The van der Waals surface area contributed by atoms with Crippen LogP contribution in [0.25, 0.3) is 0 Å². The molecule has 0 aliphatic carbocycles. The second-order valence-electron chi connectivity index (χ2n) is 5.90. The molecule has 6 nitrogen and oxygen atoms in total. The molecule has 0 saturated carbocycles. The molecule has 0 bridgehead atoms. The van der Waals surface area contributed by atoms with Crippen molar-refractivity contribution in [1.82, 2.24) is 16.0 Å². The average Bonchev–Trinajstić information content (AvgIpc) is 2.55. The molecule has 0 aromatic heterocycles. The number of carbonyl (C=O) groups is 2. The van der Waals surface area contributed by atoms with Crippen molar-refractivity contribution in [2.24, 2.45) is 5.73 Å². The van der Waals surface area contributed by atoms with Gasteiger partial charge in [-0.05, 0) is 38.9 Å². The van der Waals surface area contributed by atoms with Crippen molar-refractivity contribution in [3.8, 4) is 0 Å². The Morgan fingerprint density at radius 3 is 2.21 bits per heavy atom. The van der Waals surface area contributed by atoms with Crippen LogP contribution in [0.3, 0.4) is 0 Å². The van der Waals surface area contributed by atoms with E-state index >= 15 is 0 Å². The molecule has 7 heteroatoms. The van der Waals surface area contributed by atoms with Gasteiger partial charge in [0.05, 0.1) is 5.75 Å². The molecule has 2 amide bonds. The molecule has 0 aromatic rings. The van der Waals surface area contributed by atoms with Crippen LogP contribution in [0, 0.1) is 0 Å². The molecule has 5 N–H and O–H groups in total. The lowest BCUT2D eigenvalue weighted by molar-refractivity contribution is -0.119. The van der Waals surface area contributed by atoms with Crippen LogP contribution in [0.5, 0.6) is 0 Å². The predicted molar refractivity (Wildman–Crippen MR) is 103 cm³/mol. The minimum absolute atomic E-state index is 0.0286. The second kappa shape index (κ2) is 18.5. The number of hydrogen-bond acceptors (Lipinski definition) is 5. The van der Waals surface area contributed by atoms with Crippen LogP contribution in [0.2, 0.25) is 0 Å². The van der Waals surface area contributed by atoms with Gasteiger partial charge < -0.3 is 21.7 Å². The average molecular weight is 361 g/mol. The van der Waals surface area contributed by atoms with E-state index in [9.17, 15) is 9.59 Å². The molecule has 0 saturated heterocycles. The molecule has 0 aliphatic heterocycles. The van der Waals surface area contributed by atoms with E-state index in [0.29, 0.717) is 12.3 Å². The molecule has 0 atom stereocenters. The molecule has 0 heterocycles. The van der Waals surface area contributed by atoms with Crippen LogP contribution < -0.4 is 21.7 Å². The fourth-order valence-electron chi connectivity index (χ4n) is 2.18. The highest BCUT2D eigenvalue weighted by atomic mass is 32.2. The number of nitrogens with one attached hydrogen (secondary N) is 3. The van der Waals surface area contributed by atoms with E-state index in [-0.39, 0.29) is 11.8 Å². The molecular weight excluding hydrogens is 324 g/mol. The maximum atomic E-state index is 11.6. The van der Waals surface area contributed by atoms with Gasteiger partial charge in [-0.2, -0.15) is 11.8 Å². The van der Waals surface area contributed by atoms with E-state index < -0.39 is 0 Å². The number of nitrogens with two attached hydrogens (primary N) is 1. The molecule has 0 fully saturated rings. The van der Waals surface area contributed by atoms with Crippen molar-refractivity contribution in [3.63, 3.8) is 0 Å². The predicted octanol–water partition coefficient (Wildman–Crippen LogP) is 1.25. The fraction of sp³-hybridized carbons (Fsp3) is 0.882. The maximum Gasteiger partial charge on any atom is 0.229 e. The lowest BCUT2D eigenvalue weighted by Crippen LogP contribution is -2.29. The SMILES string of the molecule is CC(=O)NCCSCC(=O)NCCCNCCCCCCCCN. The summed E-state index contributed by atoms with van der Waals surface area (Å²) in [5.74, 6) is 1.26. The summed E-state index contributed by atoms with van der Waals surface area (Å²) in [6.45, 7) is 5.65. The van der Waals surface area contributed by atoms with E-state index in [4.69, 9.17) is 5.73 Å². The summed E-state index contributed by atoms with van der Waals surface area (Å²) < 4.78 is 0. The maximum absolute atomic E-state index is 11.6. The number of hydrogen-bond donors (Lipinski definition) is 4. The molecular formula is C17H36N4O2S. The summed E-state index contributed by atoms with van der Waals surface area (Å²) in [6.07, 6.45) is 8.47. The zero-order valence-corrected chi connectivity index (χ0v) is 16.0. The first-order valence-corrected chi connectivity index (χ1v) is 10.3. The summed E-state index contributed by atoms with van der Waals surface area (Å²) in [6, 6.07) is 0. The van der Waals surface area contributed by atoms with Crippen LogP contribution in [0.1, 0.15) is 51.9 Å². The van der Waals surface area contributed by atoms with Crippen LogP contribution in [-0.4, -0.2) is 56.0 Å². The van der Waals surface area contributed by atoms with Gasteiger partial charge in [0.1, 0.15) is 0 Å². The Labute approximate surface area is 151 Å². The van der Waals surface area contributed by atoms with Gasteiger partial charge in [-0.15, -0.1) is 0 Å². The van der Waals surface area contributed by atoms with Crippen molar-refractivity contribution in [1.29, 1.82) is 0 Å². The molecule has 0 rings (SSSR count). The lowest BCUT2D eigenvalue weighted by atomic mass is 10.1. The Balaban J connectivity index is 3.15. The van der Waals surface area contributed by atoms with Crippen molar-refractivity contribution in [2.45, 2.75) is 51.9 Å². The van der Waals surface area contributed by atoms with Crippen molar-refractivity contribution >= 4 is 23.6 Å². The minimum atomic E-state index is -0.0286. The summed E-state index contributed by atoms with van der Waals surface area (Å²) in [7, 11) is 0. The van der Waals surface area contributed by atoms with E-state index in [1.165, 1.54) is 50.8 Å². The number of unbranched alkanes of at least 4 members (excludes halogenated alkanes) is 5. The molecule has 142 valence electrons. The Kier molecular flexibility index (Phi) is 17.9. The van der Waals surface area contributed by atoms with E-state index in [1.54, 1.807) is 0 Å². The van der Waals surface area contributed by atoms with Crippen molar-refractivity contribution < 1.29 is 9.59 Å². The standard InChI is InChI=1S/C17H36N4O2S/c1-16(22)20-13-14-24-15-17(23)21-12-8-11-19-10-7-5-3-2-4-6-9-18/h19H,2-15,18H2,1H3,(H,20,22)(H,21,23). The summed E-state index contributed by atoms with van der Waals surface area (Å²) in [5, 5.41) is 9.04. The van der Waals surface area contributed by atoms with Gasteiger partial charge in [-0.25, -0.2) is 0 Å². The van der Waals surface area contributed by atoms with Crippen LogP contribution in [0.15, 0.2) is 0 Å². The molecule has 0 unspecified atom stereocenters. The third kappa shape index (κ3) is 19.3. The highest BCUT2D eigenvalue weighted by molar-refractivity contribution is 7.99. The van der Waals surface area contributed by atoms with Gasteiger partial charge in [0.2, 0.25) is 11.8 Å². The molecule has 0 aromatic carbocycles. The van der Waals surface area contributed by atoms with E-state index in [1.807, 2.05) is 0 Å². The Morgan fingerprint density at radius 1 is 0.833 bits per heavy atom. The number of rotatable bonds is 17. The number of amides is 2. The van der Waals surface area contributed by atoms with Crippen molar-refractivity contribution in [2.75, 3.05) is 44.2 Å². The van der Waals surface area contributed by atoms with Gasteiger partial charge in [0, 0.05) is 25.8 Å². The third-order valence-electron chi connectivity index (χ3n) is 3.51. The first kappa shape index (κ1) is 23.2. The zero-order valence-electron chi connectivity index (χ0n) is 15.2. The molecule has 0 spiro atoms. The van der Waals surface area contributed by atoms with Gasteiger partial charge in [0.15, 0.2) is 0 Å². The minimum Gasteiger partial charge on any atom is -0.356 e. The van der Waals surface area contributed by atoms with E-state index in [2.05, 4.69) is 16.0 Å². The second-order valence-corrected chi connectivity index (χ2v) is 7.00. The van der Waals surface area contributed by atoms with Gasteiger partial charge in [0.25, 0.3) is 0 Å². The quantitative estimate of drug-likeness (QED) is 0.293. The first-order valence-electron chi connectivity index (χ1n) is 9.16. The van der Waals surface area contributed by atoms with E-state index in [0.717, 1.165) is 44.8 Å². The summed E-state index contributed by atoms with van der Waals surface area (Å²) in [5.41, 5.74) is 5.46. The van der Waals surface area contributed by atoms with Crippen LogP contribution in [-0.2, 0) is 9.59 Å². The highest BCUT2D eigenvalue weighted by Crippen LogP contribution is 2.03. The Morgan fingerprint density at radius 2 is 1.50 bits per heavy atom. The summed E-state index contributed by atoms with van der Waals surface area (Å²) >= 11 is 1.54. The summed E-state index contributed by atoms with van der Waals surface area (Å²) in [4.78, 5) is 22.2. The van der Waals surface area contributed by atoms with Crippen LogP contribution >= 0.6 is 11.8 Å². The van der Waals surface area contributed by atoms with Crippen molar-refractivity contribution in [3.05, 3.63) is 0 Å². The lowest BCUT2D eigenvalue weighted by Gasteiger charge is -2.07. The number of carbonyl (C=O) groups excluding carboxylic acids is 2. The number of thioether (sulfide) groups is 1. The molecule has 0 radical (unpaired) electrons. The largest absolute Gasteiger partial charge is 0.356 e. The van der Waals surface area contributed by atoms with Gasteiger partial charge in [-0.3, -0.25) is 9.59 Å². The Bertz CT molecular complexity index is 317. The molecule has 24 heavy (non-hydrogen) atoms. The fourth-order valence-corrected chi connectivity index (χ4v) is 2.86. The molecule has 0 aliphatic rings. The van der Waals surface area contributed by atoms with Crippen LogP contribution in [0.4, 0.5) is 0 Å². The normalized spacial score (nSPS) is 10.6.